The molecule has 1 amide bonds. The molecule has 166 valence electrons. The maximum atomic E-state index is 12.4. The van der Waals surface area contributed by atoms with E-state index >= 15 is 0 Å². The molecule has 0 radical (unpaired) electrons. The molecular formula is C26H33NO4. The fourth-order valence-electron chi connectivity index (χ4n) is 4.52. The summed E-state index contributed by atoms with van der Waals surface area (Å²) in [7, 11) is 0. The number of hydrogen-bond donors (Lipinski definition) is 1. The van der Waals surface area contributed by atoms with Gasteiger partial charge in [-0.15, -0.1) is 0 Å². The Bertz CT molecular complexity index is 816. The van der Waals surface area contributed by atoms with E-state index in [1.54, 1.807) is 0 Å². The SMILES string of the molecule is CC(CCCCOC1CCCCO1)NC(=O)OCC1c2ccccc2-c2ccccc21. The first-order valence-electron chi connectivity index (χ1n) is 11.6. The molecule has 1 heterocycles. The zero-order chi connectivity index (χ0) is 21.5. The average molecular weight is 424 g/mol. The van der Waals surface area contributed by atoms with Crippen molar-refractivity contribution in [1.29, 1.82) is 0 Å². The summed E-state index contributed by atoms with van der Waals surface area (Å²) < 4.78 is 17.0. The molecule has 2 aromatic carbocycles. The van der Waals surface area contributed by atoms with E-state index < -0.39 is 0 Å². The molecule has 1 saturated heterocycles. The van der Waals surface area contributed by atoms with Crippen molar-refractivity contribution in [2.24, 2.45) is 0 Å². The van der Waals surface area contributed by atoms with Gasteiger partial charge in [-0.3, -0.25) is 0 Å². The molecule has 1 aliphatic heterocycles. The van der Waals surface area contributed by atoms with E-state index in [0.717, 1.165) is 38.7 Å². The van der Waals surface area contributed by atoms with Crippen molar-refractivity contribution in [3.63, 3.8) is 0 Å². The first-order chi connectivity index (χ1) is 15.2. The minimum absolute atomic E-state index is 0.0230. The van der Waals surface area contributed by atoms with Crippen molar-refractivity contribution in [2.45, 2.75) is 63.7 Å². The normalized spacial score (nSPS) is 18.8. The number of unbranched alkanes of at least 4 members (excludes halogenated alkanes) is 1. The van der Waals surface area contributed by atoms with Crippen molar-refractivity contribution in [3.8, 4) is 11.1 Å². The molecule has 1 fully saturated rings. The topological polar surface area (TPSA) is 56.8 Å². The Morgan fingerprint density at radius 2 is 1.77 bits per heavy atom. The molecule has 5 heteroatoms. The van der Waals surface area contributed by atoms with E-state index in [0.29, 0.717) is 13.2 Å². The Balaban J connectivity index is 1.17. The fraction of sp³-hybridized carbons (Fsp3) is 0.500. The molecule has 4 rings (SSSR count). The number of amides is 1. The van der Waals surface area contributed by atoms with Gasteiger partial charge in [0.05, 0.1) is 0 Å². The predicted molar refractivity (Wildman–Crippen MR) is 121 cm³/mol. The van der Waals surface area contributed by atoms with Crippen molar-refractivity contribution < 1.29 is 19.0 Å². The van der Waals surface area contributed by atoms with Crippen molar-refractivity contribution in [2.75, 3.05) is 19.8 Å². The number of nitrogens with one attached hydrogen (secondary N) is 1. The Hall–Kier alpha value is -2.37. The third-order valence-electron chi connectivity index (χ3n) is 6.18. The van der Waals surface area contributed by atoms with Crippen LogP contribution in [0, 0.1) is 0 Å². The average Bonchev–Trinajstić information content (AvgIpc) is 3.12. The lowest BCUT2D eigenvalue weighted by molar-refractivity contribution is -0.162. The van der Waals surface area contributed by atoms with Crippen LogP contribution in [0.1, 0.15) is 62.5 Å². The highest BCUT2D eigenvalue weighted by atomic mass is 16.7. The zero-order valence-corrected chi connectivity index (χ0v) is 18.3. The molecule has 0 saturated carbocycles. The van der Waals surface area contributed by atoms with Gasteiger partial charge in [0.15, 0.2) is 6.29 Å². The second-order valence-electron chi connectivity index (χ2n) is 8.53. The van der Waals surface area contributed by atoms with Crippen LogP contribution in [0.2, 0.25) is 0 Å². The third kappa shape index (κ3) is 5.66. The molecule has 2 aromatic rings. The first-order valence-corrected chi connectivity index (χ1v) is 11.6. The summed E-state index contributed by atoms with van der Waals surface area (Å²) in [6.45, 7) is 3.89. The van der Waals surface area contributed by atoms with E-state index in [4.69, 9.17) is 14.2 Å². The van der Waals surface area contributed by atoms with E-state index in [9.17, 15) is 4.79 Å². The summed E-state index contributed by atoms with van der Waals surface area (Å²) in [5.41, 5.74) is 4.93. The first kappa shape index (κ1) is 21.8. The summed E-state index contributed by atoms with van der Waals surface area (Å²) in [6.07, 6.45) is 5.82. The zero-order valence-electron chi connectivity index (χ0n) is 18.3. The Labute approximate surface area is 185 Å². The van der Waals surface area contributed by atoms with E-state index in [-0.39, 0.29) is 24.3 Å². The number of rotatable bonds is 9. The lowest BCUT2D eigenvalue weighted by Crippen LogP contribution is -2.33. The van der Waals surface area contributed by atoms with Gasteiger partial charge in [0.2, 0.25) is 0 Å². The standard InChI is InChI=1S/C26H33NO4/c1-19(10-6-8-16-29-25-15-7-9-17-30-25)27-26(28)31-18-24-22-13-4-2-11-20(22)21-12-3-5-14-23(21)24/h2-5,11-14,19,24-25H,6-10,15-18H2,1H3,(H,27,28). The van der Waals surface area contributed by atoms with Crippen LogP contribution in [0.3, 0.4) is 0 Å². The maximum absolute atomic E-state index is 12.4. The summed E-state index contributed by atoms with van der Waals surface area (Å²) in [5.74, 6) is 0.0904. The summed E-state index contributed by atoms with van der Waals surface area (Å²) >= 11 is 0. The lowest BCUT2D eigenvalue weighted by atomic mass is 9.98. The molecule has 0 spiro atoms. The van der Waals surface area contributed by atoms with Gasteiger partial charge in [0, 0.05) is 25.2 Å². The number of fused-ring (bicyclic) bond motifs is 3. The predicted octanol–water partition coefficient (Wildman–Crippen LogP) is 5.63. The van der Waals surface area contributed by atoms with Gasteiger partial charge in [0.1, 0.15) is 6.61 Å². The van der Waals surface area contributed by atoms with Crippen LogP contribution in [-0.2, 0) is 14.2 Å². The van der Waals surface area contributed by atoms with Crippen LogP contribution in [0.5, 0.6) is 0 Å². The molecule has 2 aliphatic rings. The minimum atomic E-state index is -0.346. The highest BCUT2D eigenvalue weighted by molar-refractivity contribution is 5.79. The number of hydrogen-bond acceptors (Lipinski definition) is 4. The van der Waals surface area contributed by atoms with Gasteiger partial charge in [-0.05, 0) is 67.7 Å². The van der Waals surface area contributed by atoms with Gasteiger partial charge in [-0.1, -0.05) is 48.5 Å². The maximum Gasteiger partial charge on any atom is 0.407 e. The Kier molecular flexibility index (Phi) is 7.60. The number of carbonyl (C=O) groups excluding carboxylic acids is 1. The lowest BCUT2D eigenvalue weighted by Gasteiger charge is -2.22. The van der Waals surface area contributed by atoms with E-state index in [2.05, 4.69) is 41.7 Å². The molecule has 2 atom stereocenters. The van der Waals surface area contributed by atoms with Crippen molar-refractivity contribution >= 4 is 6.09 Å². The smallest absolute Gasteiger partial charge is 0.407 e. The van der Waals surface area contributed by atoms with Gasteiger partial charge < -0.3 is 19.5 Å². The largest absolute Gasteiger partial charge is 0.449 e. The van der Waals surface area contributed by atoms with E-state index in [1.807, 2.05) is 19.1 Å². The molecule has 1 aliphatic carbocycles. The van der Waals surface area contributed by atoms with Crippen LogP contribution in [0.15, 0.2) is 48.5 Å². The summed E-state index contributed by atoms with van der Waals surface area (Å²) in [4.78, 5) is 12.4. The molecule has 0 aromatic heterocycles. The fourth-order valence-corrected chi connectivity index (χ4v) is 4.52. The van der Waals surface area contributed by atoms with Crippen molar-refractivity contribution in [3.05, 3.63) is 59.7 Å². The second-order valence-corrected chi connectivity index (χ2v) is 8.53. The molecule has 31 heavy (non-hydrogen) atoms. The molecule has 0 bridgehead atoms. The number of carbonyl (C=O) groups is 1. The third-order valence-corrected chi connectivity index (χ3v) is 6.18. The highest BCUT2D eigenvalue weighted by Crippen LogP contribution is 2.44. The van der Waals surface area contributed by atoms with Crippen LogP contribution in [-0.4, -0.2) is 38.2 Å². The quantitative estimate of drug-likeness (QED) is 0.531. The molecule has 1 N–H and O–H groups in total. The summed E-state index contributed by atoms with van der Waals surface area (Å²) in [6, 6.07) is 16.8. The minimum Gasteiger partial charge on any atom is -0.449 e. The monoisotopic (exact) mass is 423 g/mol. The van der Waals surface area contributed by atoms with Crippen LogP contribution >= 0.6 is 0 Å². The molecular weight excluding hydrogens is 390 g/mol. The second kappa shape index (κ2) is 10.8. The van der Waals surface area contributed by atoms with Crippen LogP contribution in [0.4, 0.5) is 4.79 Å². The molecule has 5 nitrogen and oxygen atoms in total. The van der Waals surface area contributed by atoms with Gasteiger partial charge >= 0.3 is 6.09 Å². The number of alkyl carbamates (subject to hydrolysis) is 1. The van der Waals surface area contributed by atoms with E-state index in [1.165, 1.54) is 28.7 Å². The highest BCUT2D eigenvalue weighted by Gasteiger charge is 2.29. The van der Waals surface area contributed by atoms with Crippen LogP contribution in [0.25, 0.3) is 11.1 Å². The Morgan fingerprint density at radius 1 is 1.06 bits per heavy atom. The molecule has 2 unspecified atom stereocenters. The summed E-state index contributed by atoms with van der Waals surface area (Å²) in [5, 5.41) is 2.97. The van der Waals surface area contributed by atoms with Crippen LogP contribution < -0.4 is 5.32 Å². The Morgan fingerprint density at radius 3 is 2.45 bits per heavy atom. The number of ether oxygens (including phenoxy) is 3. The van der Waals surface area contributed by atoms with Gasteiger partial charge in [0.25, 0.3) is 0 Å². The number of benzene rings is 2. The van der Waals surface area contributed by atoms with Gasteiger partial charge in [-0.25, -0.2) is 4.79 Å². The van der Waals surface area contributed by atoms with Crippen molar-refractivity contribution in [1.82, 2.24) is 5.32 Å². The van der Waals surface area contributed by atoms with Gasteiger partial charge in [-0.2, -0.15) is 0 Å².